The van der Waals surface area contributed by atoms with Gasteiger partial charge in [0.05, 0.1) is 11.7 Å². The number of allylic oxidation sites excluding steroid dienone is 3. The molecule has 1 aliphatic carbocycles. The van der Waals surface area contributed by atoms with Crippen LogP contribution in [0.4, 0.5) is 8.78 Å². The van der Waals surface area contributed by atoms with Gasteiger partial charge in [0.2, 0.25) is 0 Å². The molecule has 39 heavy (non-hydrogen) atoms. The van der Waals surface area contributed by atoms with Gasteiger partial charge in [-0.2, -0.15) is 19.4 Å². The van der Waals surface area contributed by atoms with Crippen molar-refractivity contribution in [1.82, 2.24) is 15.7 Å². The summed E-state index contributed by atoms with van der Waals surface area (Å²) in [7, 11) is 1.50. The molecule has 0 aliphatic heterocycles. The van der Waals surface area contributed by atoms with Crippen molar-refractivity contribution >= 4 is 35.4 Å². The van der Waals surface area contributed by atoms with Gasteiger partial charge >= 0.3 is 0 Å². The molecular formula is C29H47F2N5O3. The maximum atomic E-state index is 12.9. The van der Waals surface area contributed by atoms with Crippen LogP contribution in [0.2, 0.25) is 0 Å². The minimum atomic E-state index is -3.18. The number of hydroxylamine groups is 1. The molecule has 1 aromatic heterocycles. The van der Waals surface area contributed by atoms with Gasteiger partial charge in [-0.15, -0.1) is 0 Å². The van der Waals surface area contributed by atoms with Gasteiger partial charge in [-0.25, -0.2) is 0 Å². The Morgan fingerprint density at radius 1 is 1.23 bits per heavy atom. The number of alkyl halides is 2. The van der Waals surface area contributed by atoms with Crippen LogP contribution in [0.1, 0.15) is 85.1 Å². The molecule has 0 spiro atoms. The van der Waals surface area contributed by atoms with Gasteiger partial charge in [0.15, 0.2) is 5.75 Å². The van der Waals surface area contributed by atoms with Crippen LogP contribution >= 0.6 is 0 Å². The first-order valence-corrected chi connectivity index (χ1v) is 13.3. The first kappa shape index (κ1) is 37.8. The number of halogens is 2. The normalized spacial score (nSPS) is 13.1. The highest BCUT2D eigenvalue weighted by atomic mass is 19.3. The summed E-state index contributed by atoms with van der Waals surface area (Å²) in [6.45, 7) is 10.9. The quantitative estimate of drug-likeness (QED) is 0.159. The molecule has 1 heterocycles. The van der Waals surface area contributed by atoms with Crippen molar-refractivity contribution in [2.45, 2.75) is 85.5 Å². The van der Waals surface area contributed by atoms with Crippen LogP contribution in [0, 0.1) is 11.3 Å². The molecule has 1 aromatic carbocycles. The second-order valence-corrected chi connectivity index (χ2v) is 8.49. The molecule has 1 aliphatic rings. The van der Waals surface area contributed by atoms with Gasteiger partial charge < -0.3 is 15.4 Å². The zero-order valence-electron chi connectivity index (χ0n) is 24.3. The van der Waals surface area contributed by atoms with Crippen LogP contribution in [-0.4, -0.2) is 41.6 Å². The fourth-order valence-electron chi connectivity index (χ4n) is 3.36. The van der Waals surface area contributed by atoms with Crippen molar-refractivity contribution in [1.29, 1.82) is 5.41 Å². The highest BCUT2D eigenvalue weighted by Gasteiger charge is 2.25. The largest absolute Gasteiger partial charge is 0.379 e. The Balaban J connectivity index is 0. The van der Waals surface area contributed by atoms with E-state index in [2.05, 4.69) is 28.3 Å². The fourth-order valence-corrected chi connectivity index (χ4v) is 3.36. The van der Waals surface area contributed by atoms with Gasteiger partial charge in [-0.1, -0.05) is 78.0 Å². The summed E-state index contributed by atoms with van der Waals surface area (Å²) in [5.74, 6) is -2.01. The lowest BCUT2D eigenvalue weighted by molar-refractivity contribution is -0.127. The second kappa shape index (κ2) is 22.6. The third-order valence-electron chi connectivity index (χ3n) is 5.34. The van der Waals surface area contributed by atoms with Crippen molar-refractivity contribution in [3.05, 3.63) is 42.1 Å². The zero-order chi connectivity index (χ0) is 30.3. The van der Waals surface area contributed by atoms with E-state index in [1.54, 1.807) is 24.4 Å². The molecule has 0 bridgehead atoms. The predicted octanol–water partition coefficient (Wildman–Crippen LogP) is 7.02. The second-order valence-electron chi connectivity index (χ2n) is 8.49. The standard InChI is InChI=1S/C18H20F2N4O2.C7H14.C2H6.CH5N.CH2O/c1-3-6-17(25)24-26-15-10-14-13(11-22-23-14)9-12(15)7-4-5-8-16(21)18(2,19)20;1-7-5-3-2-4-6-7;3*1-2/h4-5,7-11,21H,3,6H2,1-2H3,(H,22,23)(H,24,25);7H,2-6H2,1H3;1-2H3;2H2,1H3;1H2/b7-4+,8-5-,21-16?;;;;. The zero-order valence-corrected chi connectivity index (χ0v) is 24.3. The Kier molecular flexibility index (Phi) is 21.8. The SMILES string of the molecule is C=O.CC.CC1CCCCC1.CCCC(=O)NOc1cc2[nH]ncc2cc1/C=C/C=C\C(=N)C(C)(F)F.CN. The van der Waals surface area contributed by atoms with Gasteiger partial charge in [0.1, 0.15) is 12.5 Å². The summed E-state index contributed by atoms with van der Waals surface area (Å²) >= 11 is 0. The highest BCUT2D eigenvalue weighted by Crippen LogP contribution is 2.26. The van der Waals surface area contributed by atoms with E-state index in [9.17, 15) is 13.6 Å². The van der Waals surface area contributed by atoms with Crippen LogP contribution in [0.15, 0.2) is 36.6 Å². The number of hydrogen-bond acceptors (Lipinski definition) is 6. The number of fused-ring (bicyclic) bond motifs is 1. The number of carbonyl (C=O) groups is 2. The summed E-state index contributed by atoms with van der Waals surface area (Å²) in [5.41, 5.74) is 7.43. The Morgan fingerprint density at radius 2 is 1.85 bits per heavy atom. The number of nitrogens with zero attached hydrogens (tertiary/aromatic N) is 1. The Bertz CT molecular complexity index is 994. The predicted molar refractivity (Wildman–Crippen MR) is 157 cm³/mol. The number of nitrogens with one attached hydrogen (secondary N) is 3. The molecule has 0 radical (unpaired) electrons. The van der Waals surface area contributed by atoms with Crippen molar-refractivity contribution in [2.24, 2.45) is 11.7 Å². The molecule has 1 amide bonds. The smallest absolute Gasteiger partial charge is 0.286 e. The van der Waals surface area contributed by atoms with Crippen molar-refractivity contribution in [3.63, 3.8) is 0 Å². The van der Waals surface area contributed by atoms with Crippen LogP contribution in [0.25, 0.3) is 17.0 Å². The summed E-state index contributed by atoms with van der Waals surface area (Å²) in [6.07, 6.45) is 15.6. The number of benzene rings is 1. The molecule has 1 saturated carbocycles. The maximum Gasteiger partial charge on any atom is 0.286 e. The lowest BCUT2D eigenvalue weighted by Gasteiger charge is -2.15. The van der Waals surface area contributed by atoms with E-state index in [-0.39, 0.29) is 5.91 Å². The maximum absolute atomic E-state index is 12.9. The summed E-state index contributed by atoms with van der Waals surface area (Å²) < 4.78 is 25.9. The summed E-state index contributed by atoms with van der Waals surface area (Å²) in [5, 5.41) is 14.8. The first-order chi connectivity index (χ1) is 18.7. The number of amides is 1. The van der Waals surface area contributed by atoms with Gasteiger partial charge in [0.25, 0.3) is 11.8 Å². The van der Waals surface area contributed by atoms with E-state index in [1.165, 1.54) is 51.3 Å². The molecule has 3 rings (SSSR count). The van der Waals surface area contributed by atoms with Crippen molar-refractivity contribution in [3.8, 4) is 5.75 Å². The monoisotopic (exact) mass is 551 g/mol. The lowest BCUT2D eigenvalue weighted by atomic mass is 9.91. The van der Waals surface area contributed by atoms with E-state index in [1.807, 2.05) is 27.6 Å². The summed E-state index contributed by atoms with van der Waals surface area (Å²) in [6, 6.07) is 3.46. The average molecular weight is 552 g/mol. The highest BCUT2D eigenvalue weighted by molar-refractivity contribution is 5.98. The van der Waals surface area contributed by atoms with Crippen LogP contribution in [0.5, 0.6) is 5.75 Å². The van der Waals surface area contributed by atoms with E-state index < -0.39 is 11.6 Å². The van der Waals surface area contributed by atoms with Crippen LogP contribution in [-0.2, 0) is 9.59 Å². The number of H-pyrrole nitrogens is 1. The Labute approximate surface area is 231 Å². The van der Waals surface area contributed by atoms with Gasteiger partial charge in [0, 0.05) is 30.4 Å². The Hall–Kier alpha value is -3.40. The number of aromatic nitrogens is 2. The molecule has 0 atom stereocenters. The number of hydrogen-bond donors (Lipinski definition) is 4. The molecule has 5 N–H and O–H groups in total. The third kappa shape index (κ3) is 16.2. The number of rotatable bonds is 8. The molecule has 1 fully saturated rings. The molecule has 10 heteroatoms. The first-order valence-electron chi connectivity index (χ1n) is 13.3. The van der Waals surface area contributed by atoms with E-state index in [0.717, 1.165) is 22.9 Å². The van der Waals surface area contributed by atoms with E-state index >= 15 is 0 Å². The van der Waals surface area contributed by atoms with Crippen LogP contribution in [0.3, 0.4) is 0 Å². The average Bonchev–Trinajstić information content (AvgIpc) is 3.40. The number of carbonyl (C=O) groups excluding carboxylic acids is 2. The Morgan fingerprint density at radius 3 is 2.36 bits per heavy atom. The number of nitrogens with two attached hydrogens (primary N) is 1. The van der Waals surface area contributed by atoms with Gasteiger partial charge in [-0.05, 0) is 31.5 Å². The molecule has 8 nitrogen and oxygen atoms in total. The topological polar surface area (TPSA) is 134 Å². The van der Waals surface area contributed by atoms with Crippen molar-refractivity contribution in [2.75, 3.05) is 7.05 Å². The lowest BCUT2D eigenvalue weighted by Crippen LogP contribution is -2.26. The summed E-state index contributed by atoms with van der Waals surface area (Å²) in [4.78, 5) is 25.0. The van der Waals surface area contributed by atoms with Crippen molar-refractivity contribution < 1.29 is 23.2 Å². The molecule has 0 saturated heterocycles. The number of aromatic amines is 1. The van der Waals surface area contributed by atoms with E-state index in [0.29, 0.717) is 31.1 Å². The minimum absolute atomic E-state index is 0.245. The fraction of sp³-hybridized carbons (Fsp3) is 0.517. The molecule has 2 aromatic rings. The molecule has 0 unspecified atom stereocenters. The minimum Gasteiger partial charge on any atom is -0.379 e. The van der Waals surface area contributed by atoms with Crippen LogP contribution < -0.4 is 16.1 Å². The molecular weight excluding hydrogens is 504 g/mol. The van der Waals surface area contributed by atoms with E-state index in [4.69, 9.17) is 15.0 Å². The third-order valence-corrected chi connectivity index (χ3v) is 5.34. The van der Waals surface area contributed by atoms with Gasteiger partial charge in [-0.3, -0.25) is 15.3 Å². The molecule has 220 valence electrons.